The van der Waals surface area contributed by atoms with Crippen molar-refractivity contribution >= 4 is 15.9 Å². The molecule has 1 atom stereocenters. The second-order valence-corrected chi connectivity index (χ2v) is 5.06. The number of hydrogen-bond donors (Lipinski definition) is 1. The molecule has 0 saturated carbocycles. The SMILES string of the molecule is CCNCC(OC1COC1)c1ccc(Br)cc1. The molecule has 1 aromatic rings. The maximum Gasteiger partial charge on any atom is 0.105 e. The van der Waals surface area contributed by atoms with Gasteiger partial charge in [0, 0.05) is 11.0 Å². The third-order valence-corrected chi connectivity index (χ3v) is 3.31. The lowest BCUT2D eigenvalue weighted by Gasteiger charge is -2.31. The average molecular weight is 300 g/mol. The summed E-state index contributed by atoms with van der Waals surface area (Å²) in [5, 5.41) is 3.34. The van der Waals surface area contributed by atoms with Gasteiger partial charge >= 0.3 is 0 Å². The third kappa shape index (κ3) is 3.78. The van der Waals surface area contributed by atoms with Gasteiger partial charge in [-0.2, -0.15) is 0 Å². The van der Waals surface area contributed by atoms with Gasteiger partial charge in [0.2, 0.25) is 0 Å². The number of hydrogen-bond acceptors (Lipinski definition) is 3. The minimum absolute atomic E-state index is 0.108. The summed E-state index contributed by atoms with van der Waals surface area (Å²) in [7, 11) is 0. The van der Waals surface area contributed by atoms with Crippen LogP contribution in [0, 0.1) is 0 Å². The van der Waals surface area contributed by atoms with E-state index in [1.807, 2.05) is 0 Å². The summed E-state index contributed by atoms with van der Waals surface area (Å²) in [5.74, 6) is 0. The Hall–Kier alpha value is -0.420. The molecule has 1 unspecified atom stereocenters. The molecular weight excluding hydrogens is 282 g/mol. The highest BCUT2D eigenvalue weighted by molar-refractivity contribution is 9.10. The predicted octanol–water partition coefficient (Wildman–Crippen LogP) is 2.52. The van der Waals surface area contributed by atoms with Crippen molar-refractivity contribution in [2.24, 2.45) is 0 Å². The molecule has 1 aromatic carbocycles. The highest BCUT2D eigenvalue weighted by atomic mass is 79.9. The first-order valence-electron chi connectivity index (χ1n) is 5.99. The molecule has 1 N–H and O–H groups in total. The van der Waals surface area contributed by atoms with Crippen LogP contribution in [0.25, 0.3) is 0 Å². The van der Waals surface area contributed by atoms with E-state index in [1.54, 1.807) is 0 Å². The summed E-state index contributed by atoms with van der Waals surface area (Å²) in [6.45, 7) is 5.34. The number of likely N-dealkylation sites (N-methyl/N-ethyl adjacent to an activating group) is 1. The van der Waals surface area contributed by atoms with Crippen LogP contribution in [0.5, 0.6) is 0 Å². The van der Waals surface area contributed by atoms with Gasteiger partial charge in [0.15, 0.2) is 0 Å². The van der Waals surface area contributed by atoms with Gasteiger partial charge in [-0.25, -0.2) is 0 Å². The van der Waals surface area contributed by atoms with Crippen LogP contribution in [-0.2, 0) is 9.47 Å². The number of halogens is 1. The second-order valence-electron chi connectivity index (χ2n) is 4.14. The third-order valence-electron chi connectivity index (χ3n) is 2.79. The lowest BCUT2D eigenvalue weighted by Crippen LogP contribution is -2.39. The Bertz CT molecular complexity index is 338. The zero-order chi connectivity index (χ0) is 12.1. The number of rotatable bonds is 6. The lowest BCUT2D eigenvalue weighted by molar-refractivity contribution is -0.155. The van der Waals surface area contributed by atoms with Gasteiger partial charge in [-0.1, -0.05) is 35.0 Å². The molecule has 3 nitrogen and oxygen atoms in total. The summed E-state index contributed by atoms with van der Waals surface area (Å²) >= 11 is 3.45. The van der Waals surface area contributed by atoms with Crippen molar-refractivity contribution in [1.82, 2.24) is 5.32 Å². The zero-order valence-corrected chi connectivity index (χ0v) is 11.6. The maximum absolute atomic E-state index is 6.01. The summed E-state index contributed by atoms with van der Waals surface area (Å²) < 4.78 is 12.2. The first-order chi connectivity index (χ1) is 8.29. The molecule has 0 aromatic heterocycles. The topological polar surface area (TPSA) is 30.5 Å². The van der Waals surface area contributed by atoms with Crippen molar-refractivity contribution in [2.75, 3.05) is 26.3 Å². The minimum Gasteiger partial charge on any atom is -0.376 e. The summed E-state index contributed by atoms with van der Waals surface area (Å²) in [6, 6.07) is 8.31. The summed E-state index contributed by atoms with van der Waals surface area (Å²) in [5.41, 5.74) is 1.21. The van der Waals surface area contributed by atoms with Gasteiger partial charge in [0.05, 0.1) is 19.3 Å². The number of nitrogens with one attached hydrogen (secondary N) is 1. The Morgan fingerprint density at radius 1 is 1.41 bits per heavy atom. The molecule has 1 aliphatic heterocycles. The minimum atomic E-state index is 0.108. The molecule has 17 heavy (non-hydrogen) atoms. The molecule has 1 heterocycles. The quantitative estimate of drug-likeness (QED) is 0.875. The predicted molar refractivity (Wildman–Crippen MR) is 71.1 cm³/mol. The van der Waals surface area contributed by atoms with Crippen LogP contribution in [0.15, 0.2) is 28.7 Å². The van der Waals surface area contributed by atoms with Crippen LogP contribution in [0.4, 0.5) is 0 Å². The Balaban J connectivity index is 1.99. The second kappa shape index (κ2) is 6.50. The van der Waals surface area contributed by atoms with Gasteiger partial charge in [-0.15, -0.1) is 0 Å². The molecule has 1 fully saturated rings. The van der Waals surface area contributed by atoms with Crippen molar-refractivity contribution in [2.45, 2.75) is 19.1 Å². The van der Waals surface area contributed by atoms with Gasteiger partial charge in [-0.05, 0) is 24.2 Å². The van der Waals surface area contributed by atoms with E-state index in [0.717, 1.165) is 30.8 Å². The molecule has 0 amide bonds. The normalized spacial score (nSPS) is 17.8. The fourth-order valence-corrected chi connectivity index (χ4v) is 1.99. The molecule has 0 bridgehead atoms. The molecule has 1 aliphatic rings. The molecule has 0 spiro atoms. The van der Waals surface area contributed by atoms with Crippen molar-refractivity contribution < 1.29 is 9.47 Å². The van der Waals surface area contributed by atoms with Crippen molar-refractivity contribution in [1.29, 1.82) is 0 Å². The van der Waals surface area contributed by atoms with E-state index in [1.165, 1.54) is 5.56 Å². The van der Waals surface area contributed by atoms with Crippen LogP contribution in [0.2, 0.25) is 0 Å². The van der Waals surface area contributed by atoms with Gasteiger partial charge in [-0.3, -0.25) is 0 Å². The molecule has 2 rings (SSSR count). The molecule has 0 aliphatic carbocycles. The van der Waals surface area contributed by atoms with Crippen LogP contribution in [0.1, 0.15) is 18.6 Å². The summed E-state index contributed by atoms with van der Waals surface area (Å²) in [4.78, 5) is 0. The smallest absolute Gasteiger partial charge is 0.105 e. The van der Waals surface area contributed by atoms with E-state index in [4.69, 9.17) is 9.47 Å². The number of ether oxygens (including phenoxy) is 2. The van der Waals surface area contributed by atoms with Crippen LogP contribution in [-0.4, -0.2) is 32.4 Å². The van der Waals surface area contributed by atoms with Gasteiger partial charge < -0.3 is 14.8 Å². The Labute approximate surface area is 111 Å². The van der Waals surface area contributed by atoms with E-state index < -0.39 is 0 Å². The van der Waals surface area contributed by atoms with E-state index in [2.05, 4.69) is 52.4 Å². The van der Waals surface area contributed by atoms with Crippen LogP contribution < -0.4 is 5.32 Å². The average Bonchev–Trinajstić information content (AvgIpc) is 2.28. The van der Waals surface area contributed by atoms with Crippen molar-refractivity contribution in [3.63, 3.8) is 0 Å². The van der Waals surface area contributed by atoms with Gasteiger partial charge in [0.1, 0.15) is 6.10 Å². The Morgan fingerprint density at radius 2 is 2.12 bits per heavy atom. The first-order valence-corrected chi connectivity index (χ1v) is 6.78. The molecule has 4 heteroatoms. The fraction of sp³-hybridized carbons (Fsp3) is 0.538. The maximum atomic E-state index is 6.01. The lowest BCUT2D eigenvalue weighted by atomic mass is 10.1. The molecule has 0 radical (unpaired) electrons. The van der Waals surface area contributed by atoms with Crippen molar-refractivity contribution in [3.05, 3.63) is 34.3 Å². The van der Waals surface area contributed by atoms with Crippen molar-refractivity contribution in [3.8, 4) is 0 Å². The molecule has 94 valence electrons. The zero-order valence-electron chi connectivity index (χ0n) is 9.99. The van der Waals surface area contributed by atoms with Crippen LogP contribution >= 0.6 is 15.9 Å². The van der Waals surface area contributed by atoms with E-state index in [-0.39, 0.29) is 12.2 Å². The number of benzene rings is 1. The highest BCUT2D eigenvalue weighted by Crippen LogP contribution is 2.23. The molecule has 1 saturated heterocycles. The Kier molecular flexibility index (Phi) is 4.98. The van der Waals surface area contributed by atoms with E-state index in [9.17, 15) is 0 Å². The fourth-order valence-electron chi connectivity index (χ4n) is 1.72. The first kappa shape index (κ1) is 13.0. The summed E-state index contributed by atoms with van der Waals surface area (Å²) in [6.07, 6.45) is 0.360. The van der Waals surface area contributed by atoms with E-state index >= 15 is 0 Å². The molecular formula is C13H18BrNO2. The Morgan fingerprint density at radius 3 is 2.65 bits per heavy atom. The largest absolute Gasteiger partial charge is 0.376 e. The van der Waals surface area contributed by atoms with Crippen LogP contribution in [0.3, 0.4) is 0 Å². The van der Waals surface area contributed by atoms with Gasteiger partial charge in [0.25, 0.3) is 0 Å². The monoisotopic (exact) mass is 299 g/mol. The highest BCUT2D eigenvalue weighted by Gasteiger charge is 2.24. The standard InChI is InChI=1S/C13H18BrNO2/c1-2-15-7-13(17-12-8-16-9-12)10-3-5-11(14)6-4-10/h3-6,12-13,15H,2,7-9H2,1H3. The van der Waals surface area contributed by atoms with E-state index in [0.29, 0.717) is 0 Å².